The van der Waals surface area contributed by atoms with E-state index in [9.17, 15) is 18.0 Å². The molecule has 0 saturated heterocycles. The van der Waals surface area contributed by atoms with E-state index in [0.717, 1.165) is 10.6 Å². The van der Waals surface area contributed by atoms with E-state index in [-0.39, 0.29) is 18.1 Å². The van der Waals surface area contributed by atoms with Gasteiger partial charge in [0.25, 0.3) is 0 Å². The minimum atomic E-state index is -3.90. The molecule has 0 aromatic heterocycles. The number of nitrogens with zero attached hydrogens (tertiary/aromatic N) is 2. The number of benzene rings is 2. The van der Waals surface area contributed by atoms with E-state index in [1.54, 1.807) is 38.1 Å². The summed E-state index contributed by atoms with van der Waals surface area (Å²) in [5, 5.41) is 3.49. The molecule has 36 heavy (non-hydrogen) atoms. The minimum absolute atomic E-state index is 0.0198. The molecule has 2 rings (SSSR count). The summed E-state index contributed by atoms with van der Waals surface area (Å²) >= 11 is 12.4. The average Bonchev–Trinajstić information content (AvgIpc) is 2.82. The number of amides is 2. The van der Waals surface area contributed by atoms with Gasteiger partial charge in [0, 0.05) is 29.2 Å². The number of rotatable bonds is 12. The summed E-state index contributed by atoms with van der Waals surface area (Å²) in [6.07, 6.45) is 1.30. The second-order valence-electron chi connectivity index (χ2n) is 7.88. The smallest absolute Gasteiger partial charge is 0.244 e. The lowest BCUT2D eigenvalue weighted by molar-refractivity contribution is -0.140. The predicted octanol–water partition coefficient (Wildman–Crippen LogP) is 3.72. The number of anilines is 1. The Bertz CT molecular complexity index is 1190. The SMILES string of the molecule is CCNC(=O)C(CC)N(Cc1ccc(Cl)cc1Cl)C(=O)CN(c1ccc(OC)c(OC)c1)S(C)(=O)=O. The van der Waals surface area contributed by atoms with Gasteiger partial charge in [-0.1, -0.05) is 36.2 Å². The van der Waals surface area contributed by atoms with Crippen LogP contribution in [0, 0.1) is 0 Å². The van der Waals surface area contributed by atoms with Crippen molar-refractivity contribution >= 4 is 50.7 Å². The molecule has 0 aliphatic heterocycles. The molecular weight excluding hydrogens is 529 g/mol. The van der Waals surface area contributed by atoms with E-state index in [1.807, 2.05) is 0 Å². The van der Waals surface area contributed by atoms with Crippen molar-refractivity contribution in [3.63, 3.8) is 0 Å². The third kappa shape index (κ3) is 7.41. The van der Waals surface area contributed by atoms with Crippen molar-refractivity contribution in [3.05, 3.63) is 52.0 Å². The maximum absolute atomic E-state index is 13.7. The van der Waals surface area contributed by atoms with Crippen LogP contribution in [0.3, 0.4) is 0 Å². The number of carbonyl (C=O) groups excluding carboxylic acids is 2. The summed E-state index contributed by atoms with van der Waals surface area (Å²) < 4.78 is 36.9. The van der Waals surface area contributed by atoms with Gasteiger partial charge in [-0.15, -0.1) is 0 Å². The van der Waals surface area contributed by atoms with E-state index in [0.29, 0.717) is 40.1 Å². The van der Waals surface area contributed by atoms with Crippen LogP contribution in [0.4, 0.5) is 5.69 Å². The molecule has 0 aliphatic rings. The molecule has 0 spiro atoms. The second-order valence-corrected chi connectivity index (χ2v) is 10.6. The lowest BCUT2D eigenvalue weighted by Gasteiger charge is -2.33. The number of hydrogen-bond donors (Lipinski definition) is 1. The van der Waals surface area contributed by atoms with E-state index in [4.69, 9.17) is 32.7 Å². The van der Waals surface area contributed by atoms with Gasteiger partial charge in [-0.05, 0) is 43.2 Å². The summed E-state index contributed by atoms with van der Waals surface area (Å²) in [7, 11) is -1.01. The molecular formula is C24H31Cl2N3O6S. The molecule has 2 amide bonds. The number of methoxy groups -OCH3 is 2. The second kappa shape index (κ2) is 13.0. The van der Waals surface area contributed by atoms with Gasteiger partial charge < -0.3 is 19.7 Å². The lowest BCUT2D eigenvalue weighted by Crippen LogP contribution is -2.52. The Morgan fingerprint density at radius 3 is 2.22 bits per heavy atom. The number of carbonyl (C=O) groups is 2. The average molecular weight is 561 g/mol. The molecule has 1 atom stereocenters. The van der Waals surface area contributed by atoms with Crippen LogP contribution in [0.5, 0.6) is 11.5 Å². The lowest BCUT2D eigenvalue weighted by atomic mass is 10.1. The third-order valence-corrected chi connectivity index (χ3v) is 7.15. The molecule has 9 nitrogen and oxygen atoms in total. The highest BCUT2D eigenvalue weighted by molar-refractivity contribution is 7.92. The molecule has 12 heteroatoms. The van der Waals surface area contributed by atoms with Crippen LogP contribution in [0.2, 0.25) is 10.0 Å². The first kappa shape index (κ1) is 29.5. The third-order valence-electron chi connectivity index (χ3n) is 5.43. The standard InChI is InChI=1S/C24H31Cl2N3O6S/c1-6-20(24(31)27-7-2)28(14-16-8-9-17(25)12-19(16)26)23(30)15-29(36(5,32)33)18-10-11-21(34-3)22(13-18)35-4/h8-13,20H,6-7,14-15H2,1-5H3,(H,27,31). The van der Waals surface area contributed by atoms with Crippen LogP contribution in [0.25, 0.3) is 0 Å². The zero-order valence-electron chi connectivity index (χ0n) is 20.9. The predicted molar refractivity (Wildman–Crippen MR) is 142 cm³/mol. The van der Waals surface area contributed by atoms with Crippen LogP contribution in [0.15, 0.2) is 36.4 Å². The zero-order chi connectivity index (χ0) is 27.0. The number of ether oxygens (including phenoxy) is 2. The summed E-state index contributed by atoms with van der Waals surface area (Å²) in [6, 6.07) is 8.51. The van der Waals surface area contributed by atoms with Gasteiger partial charge >= 0.3 is 0 Å². The van der Waals surface area contributed by atoms with Crippen LogP contribution in [-0.4, -0.2) is 64.7 Å². The number of nitrogens with one attached hydrogen (secondary N) is 1. The Balaban J connectivity index is 2.51. The number of sulfonamides is 1. The maximum atomic E-state index is 13.7. The molecule has 198 valence electrons. The Morgan fingerprint density at radius 2 is 1.69 bits per heavy atom. The van der Waals surface area contributed by atoms with Gasteiger partial charge in [0.05, 0.1) is 26.2 Å². The Labute approximate surface area is 222 Å². The first-order valence-corrected chi connectivity index (χ1v) is 13.8. The summed E-state index contributed by atoms with van der Waals surface area (Å²) in [4.78, 5) is 27.8. The molecule has 0 aliphatic carbocycles. The summed E-state index contributed by atoms with van der Waals surface area (Å²) in [5.41, 5.74) is 0.772. The highest BCUT2D eigenvalue weighted by Crippen LogP contribution is 2.32. The van der Waals surface area contributed by atoms with Crippen molar-refractivity contribution in [1.82, 2.24) is 10.2 Å². The highest BCUT2D eigenvalue weighted by Gasteiger charge is 2.32. The molecule has 0 radical (unpaired) electrons. The molecule has 0 fully saturated rings. The fraction of sp³-hybridized carbons (Fsp3) is 0.417. The number of likely N-dealkylation sites (N-methyl/N-ethyl adjacent to an activating group) is 1. The van der Waals surface area contributed by atoms with E-state index in [2.05, 4.69) is 5.32 Å². The summed E-state index contributed by atoms with van der Waals surface area (Å²) in [5.74, 6) is -0.230. The fourth-order valence-corrected chi connectivity index (χ4v) is 4.95. The van der Waals surface area contributed by atoms with Crippen LogP contribution in [-0.2, 0) is 26.2 Å². The van der Waals surface area contributed by atoms with E-state index >= 15 is 0 Å². The first-order chi connectivity index (χ1) is 17.0. The minimum Gasteiger partial charge on any atom is -0.493 e. The Kier molecular flexibility index (Phi) is 10.7. The maximum Gasteiger partial charge on any atom is 0.244 e. The van der Waals surface area contributed by atoms with Gasteiger partial charge in [-0.25, -0.2) is 8.42 Å². The van der Waals surface area contributed by atoms with Crippen molar-refractivity contribution in [2.45, 2.75) is 32.9 Å². The molecule has 0 saturated carbocycles. The largest absolute Gasteiger partial charge is 0.493 e. The monoisotopic (exact) mass is 559 g/mol. The fourth-order valence-electron chi connectivity index (χ4n) is 3.64. The molecule has 1 unspecified atom stereocenters. The first-order valence-electron chi connectivity index (χ1n) is 11.2. The quantitative estimate of drug-likeness (QED) is 0.425. The molecule has 0 bridgehead atoms. The number of halogens is 2. The van der Waals surface area contributed by atoms with Crippen LogP contribution in [0.1, 0.15) is 25.8 Å². The highest BCUT2D eigenvalue weighted by atomic mass is 35.5. The normalized spacial score (nSPS) is 12.0. The van der Waals surface area contributed by atoms with Gasteiger partial charge in [-0.2, -0.15) is 0 Å². The van der Waals surface area contributed by atoms with Crippen molar-refractivity contribution in [2.75, 3.05) is 37.9 Å². The van der Waals surface area contributed by atoms with E-state index in [1.165, 1.54) is 31.3 Å². The Hall–Kier alpha value is -2.69. The van der Waals surface area contributed by atoms with Crippen molar-refractivity contribution in [3.8, 4) is 11.5 Å². The summed E-state index contributed by atoms with van der Waals surface area (Å²) in [6.45, 7) is 3.35. The Morgan fingerprint density at radius 1 is 1.03 bits per heavy atom. The topological polar surface area (TPSA) is 105 Å². The van der Waals surface area contributed by atoms with Gasteiger partial charge in [-0.3, -0.25) is 13.9 Å². The van der Waals surface area contributed by atoms with Gasteiger partial charge in [0.2, 0.25) is 21.8 Å². The molecule has 1 N–H and O–H groups in total. The molecule has 2 aromatic rings. The van der Waals surface area contributed by atoms with Crippen molar-refractivity contribution < 1.29 is 27.5 Å². The number of hydrogen-bond acceptors (Lipinski definition) is 6. The van der Waals surface area contributed by atoms with E-state index < -0.39 is 28.5 Å². The van der Waals surface area contributed by atoms with Crippen LogP contribution < -0.4 is 19.1 Å². The van der Waals surface area contributed by atoms with Gasteiger partial charge in [0.1, 0.15) is 12.6 Å². The van der Waals surface area contributed by atoms with Crippen molar-refractivity contribution in [1.29, 1.82) is 0 Å². The van der Waals surface area contributed by atoms with Gasteiger partial charge in [0.15, 0.2) is 11.5 Å². The molecule has 0 heterocycles. The molecule has 2 aromatic carbocycles. The van der Waals surface area contributed by atoms with Crippen LogP contribution >= 0.6 is 23.2 Å². The van der Waals surface area contributed by atoms with Crippen molar-refractivity contribution in [2.24, 2.45) is 0 Å². The zero-order valence-corrected chi connectivity index (χ0v) is 23.2.